The van der Waals surface area contributed by atoms with Gasteiger partial charge in [-0.1, -0.05) is 12.1 Å². The molecule has 2 saturated heterocycles. The van der Waals surface area contributed by atoms with Crippen LogP contribution >= 0.6 is 24.8 Å². The lowest BCUT2D eigenvalue weighted by Gasteiger charge is -2.40. The highest BCUT2D eigenvalue weighted by Gasteiger charge is 2.50. The van der Waals surface area contributed by atoms with Crippen molar-refractivity contribution < 1.29 is 13.2 Å². The molecule has 2 N–H and O–H groups in total. The zero-order chi connectivity index (χ0) is 19.1. The van der Waals surface area contributed by atoms with Crippen molar-refractivity contribution in [2.75, 3.05) is 32.4 Å². The number of fused-ring (bicyclic) bond motifs is 1. The van der Waals surface area contributed by atoms with Gasteiger partial charge in [-0.25, -0.2) is 13.4 Å². The minimum atomic E-state index is -3.47. The zero-order valence-corrected chi connectivity index (χ0v) is 18.8. The van der Waals surface area contributed by atoms with Crippen LogP contribution in [0.5, 0.6) is 0 Å². The number of hydrogen-bond acceptors (Lipinski definition) is 5. The Hall–Kier alpha value is -1.35. The third kappa shape index (κ3) is 4.40. The molecule has 0 atom stereocenters. The number of aromatic amines is 1. The van der Waals surface area contributed by atoms with E-state index in [4.69, 9.17) is 0 Å². The number of aromatic nitrogens is 2. The summed E-state index contributed by atoms with van der Waals surface area (Å²) in [5.74, 6) is 1.02. The van der Waals surface area contributed by atoms with Crippen LogP contribution in [-0.2, 0) is 14.6 Å². The summed E-state index contributed by atoms with van der Waals surface area (Å²) >= 11 is 0. The summed E-state index contributed by atoms with van der Waals surface area (Å²) in [6.45, 7) is 2.28. The van der Waals surface area contributed by atoms with Gasteiger partial charge in [0.15, 0.2) is 14.6 Å². The number of nitrogens with one attached hydrogen (secondary N) is 2. The number of benzene rings is 1. The number of amides is 1. The second-order valence-electron chi connectivity index (χ2n) is 7.72. The molecule has 2 aliphatic rings. The van der Waals surface area contributed by atoms with E-state index in [9.17, 15) is 13.2 Å². The van der Waals surface area contributed by atoms with E-state index in [-0.39, 0.29) is 36.6 Å². The highest BCUT2D eigenvalue weighted by Crippen LogP contribution is 2.33. The van der Waals surface area contributed by atoms with Crippen LogP contribution in [0.4, 0.5) is 0 Å². The van der Waals surface area contributed by atoms with Crippen LogP contribution in [0, 0.1) is 0 Å². The number of carbonyl (C=O) groups is 1. The van der Waals surface area contributed by atoms with E-state index >= 15 is 0 Å². The Kier molecular flexibility index (Phi) is 7.59. The molecule has 0 unspecified atom stereocenters. The van der Waals surface area contributed by atoms with E-state index in [0.29, 0.717) is 39.0 Å². The maximum Gasteiger partial charge on any atom is 0.244 e. The molecule has 162 valence electrons. The number of sulfone groups is 1. The normalized spacial score (nSPS) is 20.0. The number of para-hydroxylation sites is 2. The van der Waals surface area contributed by atoms with Crippen molar-refractivity contribution in [3.8, 4) is 0 Å². The summed E-state index contributed by atoms with van der Waals surface area (Å²) in [6, 6.07) is 7.95. The lowest BCUT2D eigenvalue weighted by molar-refractivity contribution is -0.135. The summed E-state index contributed by atoms with van der Waals surface area (Å²) in [6.07, 6.45) is 3.51. The van der Waals surface area contributed by atoms with E-state index in [1.807, 2.05) is 24.3 Å². The number of hydrogen-bond donors (Lipinski definition) is 2. The summed E-state index contributed by atoms with van der Waals surface area (Å²) in [5.41, 5.74) is 1.98. The van der Waals surface area contributed by atoms with Crippen LogP contribution in [0.2, 0.25) is 0 Å². The summed E-state index contributed by atoms with van der Waals surface area (Å²) < 4.78 is 23.7. The Morgan fingerprint density at radius 1 is 1.14 bits per heavy atom. The number of H-pyrrole nitrogens is 1. The predicted molar refractivity (Wildman–Crippen MR) is 119 cm³/mol. The van der Waals surface area contributed by atoms with Gasteiger partial charge in [0.2, 0.25) is 5.91 Å². The molecule has 7 nitrogen and oxygen atoms in total. The Morgan fingerprint density at radius 3 is 2.34 bits per heavy atom. The average Bonchev–Trinajstić information content (AvgIpc) is 3.11. The number of nitrogens with zero attached hydrogens (tertiary/aromatic N) is 2. The second kappa shape index (κ2) is 9.20. The van der Waals surface area contributed by atoms with Gasteiger partial charge in [0, 0.05) is 25.3 Å². The number of imidazole rings is 1. The molecule has 0 saturated carbocycles. The van der Waals surface area contributed by atoms with Gasteiger partial charge in [0.25, 0.3) is 0 Å². The monoisotopic (exact) mass is 462 g/mol. The van der Waals surface area contributed by atoms with E-state index in [1.165, 1.54) is 6.26 Å². The van der Waals surface area contributed by atoms with Gasteiger partial charge >= 0.3 is 0 Å². The van der Waals surface area contributed by atoms with Gasteiger partial charge in [-0.15, -0.1) is 24.8 Å². The second-order valence-corrected chi connectivity index (χ2v) is 10.0. The van der Waals surface area contributed by atoms with Crippen molar-refractivity contribution >= 4 is 51.6 Å². The summed E-state index contributed by atoms with van der Waals surface area (Å²) in [5, 5.41) is 3.16. The average molecular weight is 463 g/mol. The van der Waals surface area contributed by atoms with Gasteiger partial charge < -0.3 is 15.2 Å². The first-order valence-corrected chi connectivity index (χ1v) is 11.4. The molecule has 0 radical (unpaired) electrons. The zero-order valence-electron chi connectivity index (χ0n) is 16.4. The van der Waals surface area contributed by atoms with Gasteiger partial charge in [-0.05, 0) is 50.9 Å². The van der Waals surface area contributed by atoms with Gasteiger partial charge in [-0.3, -0.25) is 4.79 Å². The Morgan fingerprint density at radius 2 is 1.76 bits per heavy atom. The molecule has 2 aromatic rings. The molecule has 0 spiro atoms. The molecule has 3 heterocycles. The van der Waals surface area contributed by atoms with Crippen molar-refractivity contribution in [3.05, 3.63) is 30.1 Å². The molecular formula is C19H28Cl2N4O3S. The molecule has 29 heavy (non-hydrogen) atoms. The number of likely N-dealkylation sites (tertiary alicyclic amines) is 1. The van der Waals surface area contributed by atoms with Gasteiger partial charge in [0.05, 0.1) is 11.0 Å². The van der Waals surface area contributed by atoms with Crippen LogP contribution in [0.15, 0.2) is 24.3 Å². The fourth-order valence-corrected chi connectivity index (χ4v) is 5.78. The SMILES string of the molecule is CS(=O)(=O)C1(C(=O)N2CCC(c3nc4ccccc4[nH]3)CC2)CCNCC1.Cl.Cl. The summed E-state index contributed by atoms with van der Waals surface area (Å²) in [4.78, 5) is 23.0. The van der Waals surface area contributed by atoms with E-state index in [0.717, 1.165) is 29.7 Å². The topological polar surface area (TPSA) is 95.2 Å². The molecule has 1 aromatic carbocycles. The lowest BCUT2D eigenvalue weighted by atomic mass is 9.91. The number of piperidine rings is 2. The van der Waals surface area contributed by atoms with Crippen molar-refractivity contribution in [1.82, 2.24) is 20.2 Å². The quantitative estimate of drug-likeness (QED) is 0.729. The molecule has 2 fully saturated rings. The first-order chi connectivity index (χ1) is 12.9. The molecule has 1 amide bonds. The lowest BCUT2D eigenvalue weighted by Crippen LogP contribution is -2.59. The molecule has 10 heteroatoms. The fourth-order valence-electron chi connectivity index (χ4n) is 4.38. The standard InChI is InChI=1S/C19H26N4O3S.2ClH/c1-27(25,26)19(8-10-20-11-9-19)18(24)23-12-6-14(7-13-23)17-21-15-4-2-3-5-16(15)22-17;;/h2-5,14,20H,6-13H2,1H3,(H,21,22);2*1H. The molecule has 4 rings (SSSR count). The Labute approximate surface area is 183 Å². The maximum atomic E-state index is 13.2. The largest absolute Gasteiger partial charge is 0.342 e. The molecule has 0 aliphatic carbocycles. The van der Waals surface area contributed by atoms with Crippen molar-refractivity contribution in [1.29, 1.82) is 0 Å². The van der Waals surface area contributed by atoms with E-state index in [1.54, 1.807) is 4.90 Å². The van der Waals surface area contributed by atoms with Crippen LogP contribution in [0.3, 0.4) is 0 Å². The number of carbonyl (C=O) groups excluding carboxylic acids is 1. The molecule has 1 aromatic heterocycles. The highest BCUT2D eigenvalue weighted by molar-refractivity contribution is 7.92. The minimum Gasteiger partial charge on any atom is -0.342 e. The van der Waals surface area contributed by atoms with Crippen molar-refractivity contribution in [2.24, 2.45) is 0 Å². The number of rotatable bonds is 3. The van der Waals surface area contributed by atoms with E-state index < -0.39 is 14.6 Å². The third-order valence-corrected chi connectivity index (χ3v) is 8.09. The maximum absolute atomic E-state index is 13.2. The van der Waals surface area contributed by atoms with Crippen LogP contribution in [0.1, 0.15) is 37.4 Å². The van der Waals surface area contributed by atoms with Crippen LogP contribution < -0.4 is 5.32 Å². The minimum absolute atomic E-state index is 0. The van der Waals surface area contributed by atoms with Gasteiger partial charge in [0.1, 0.15) is 5.82 Å². The number of halogens is 2. The van der Waals surface area contributed by atoms with Gasteiger partial charge in [-0.2, -0.15) is 0 Å². The molecule has 2 aliphatic heterocycles. The third-order valence-electron chi connectivity index (χ3n) is 6.09. The van der Waals surface area contributed by atoms with Crippen LogP contribution in [-0.4, -0.2) is 66.4 Å². The Bertz CT molecular complexity index is 916. The fraction of sp³-hybridized carbons (Fsp3) is 0.579. The van der Waals surface area contributed by atoms with E-state index in [2.05, 4.69) is 15.3 Å². The van der Waals surface area contributed by atoms with Crippen LogP contribution in [0.25, 0.3) is 11.0 Å². The first kappa shape index (κ1) is 23.9. The molecular weight excluding hydrogens is 435 g/mol. The first-order valence-electron chi connectivity index (χ1n) is 9.55. The molecule has 0 bridgehead atoms. The highest BCUT2D eigenvalue weighted by atomic mass is 35.5. The summed E-state index contributed by atoms with van der Waals surface area (Å²) in [7, 11) is -3.47. The Balaban J connectivity index is 0.00000150. The smallest absolute Gasteiger partial charge is 0.244 e. The predicted octanol–water partition coefficient (Wildman–Crippen LogP) is 2.28. The van der Waals surface area contributed by atoms with Crippen molar-refractivity contribution in [2.45, 2.75) is 36.3 Å². The van der Waals surface area contributed by atoms with Crippen molar-refractivity contribution in [3.63, 3.8) is 0 Å².